The normalized spacial score (nSPS) is 23.8. The molecular weight excluding hydrogens is 424 g/mol. The van der Waals surface area contributed by atoms with Crippen molar-refractivity contribution in [1.82, 2.24) is 10.2 Å². The molecular formula is C25H28N2O6. The van der Waals surface area contributed by atoms with Crippen LogP contribution in [0.15, 0.2) is 18.2 Å². The van der Waals surface area contributed by atoms with Gasteiger partial charge < -0.3 is 14.4 Å². The first-order valence-corrected chi connectivity index (χ1v) is 11.5. The van der Waals surface area contributed by atoms with Gasteiger partial charge in [-0.3, -0.25) is 24.5 Å². The van der Waals surface area contributed by atoms with Crippen molar-refractivity contribution >= 4 is 23.7 Å². The lowest BCUT2D eigenvalue weighted by molar-refractivity contribution is -0.157. The number of fused-ring (bicyclic) bond motifs is 1. The number of amides is 3. The van der Waals surface area contributed by atoms with Crippen LogP contribution in [0.2, 0.25) is 0 Å². The van der Waals surface area contributed by atoms with Crippen molar-refractivity contribution in [3.05, 3.63) is 34.9 Å². The maximum absolute atomic E-state index is 12.9. The Morgan fingerprint density at radius 1 is 1.24 bits per heavy atom. The number of carbonyl (C=O) groups excluding carboxylic acids is 4. The first-order valence-electron chi connectivity index (χ1n) is 11.5. The highest BCUT2D eigenvalue weighted by atomic mass is 16.5. The van der Waals surface area contributed by atoms with Crippen LogP contribution in [-0.4, -0.2) is 54.0 Å². The Labute approximate surface area is 193 Å². The van der Waals surface area contributed by atoms with Crippen molar-refractivity contribution in [3.63, 3.8) is 0 Å². The van der Waals surface area contributed by atoms with E-state index in [2.05, 4.69) is 24.1 Å². The first kappa shape index (κ1) is 23.0. The quantitative estimate of drug-likeness (QED) is 0.294. The van der Waals surface area contributed by atoms with E-state index >= 15 is 0 Å². The summed E-state index contributed by atoms with van der Waals surface area (Å²) in [6, 6.07) is 4.71. The SMILES string of the molecule is CCCCOC(=O)C1CC(OCC#Cc2cccc3c2CN(C2CCC(=O)NC2=O)C3=O)C1. The summed E-state index contributed by atoms with van der Waals surface area (Å²) in [5.41, 5.74) is 2.05. The Balaban J connectivity index is 1.29. The molecule has 3 aliphatic rings. The number of ether oxygens (including phenoxy) is 2. The topological polar surface area (TPSA) is 102 Å². The number of nitrogens with zero attached hydrogens (tertiary/aromatic N) is 1. The molecule has 1 unspecified atom stereocenters. The van der Waals surface area contributed by atoms with Gasteiger partial charge in [0.1, 0.15) is 12.6 Å². The van der Waals surface area contributed by atoms with Crippen LogP contribution in [0, 0.1) is 17.8 Å². The molecule has 2 fully saturated rings. The molecule has 0 bridgehead atoms. The monoisotopic (exact) mass is 452 g/mol. The molecule has 0 radical (unpaired) electrons. The number of hydrogen-bond donors (Lipinski definition) is 1. The Hall–Kier alpha value is -3.18. The van der Waals surface area contributed by atoms with Crippen molar-refractivity contribution in [2.24, 2.45) is 5.92 Å². The van der Waals surface area contributed by atoms with Gasteiger partial charge in [0.15, 0.2) is 0 Å². The van der Waals surface area contributed by atoms with Crippen LogP contribution >= 0.6 is 0 Å². The van der Waals surface area contributed by atoms with Gasteiger partial charge in [-0.1, -0.05) is 31.3 Å². The second kappa shape index (κ2) is 10.2. The molecule has 1 aliphatic carbocycles. The predicted molar refractivity (Wildman–Crippen MR) is 118 cm³/mol. The number of nitrogens with one attached hydrogen (secondary N) is 1. The van der Waals surface area contributed by atoms with Gasteiger partial charge in [-0.2, -0.15) is 0 Å². The van der Waals surface area contributed by atoms with Crippen molar-refractivity contribution < 1.29 is 28.7 Å². The summed E-state index contributed by atoms with van der Waals surface area (Å²) in [5, 5.41) is 2.31. The van der Waals surface area contributed by atoms with Gasteiger partial charge in [-0.05, 0) is 43.4 Å². The third-order valence-corrected chi connectivity index (χ3v) is 6.37. The molecule has 8 heteroatoms. The average molecular weight is 453 g/mol. The van der Waals surface area contributed by atoms with E-state index in [1.807, 2.05) is 6.07 Å². The number of carbonyl (C=O) groups is 4. The highest BCUT2D eigenvalue weighted by molar-refractivity contribution is 6.05. The van der Waals surface area contributed by atoms with Gasteiger partial charge in [0, 0.05) is 24.1 Å². The number of piperidine rings is 1. The molecule has 1 aromatic rings. The minimum Gasteiger partial charge on any atom is -0.465 e. The summed E-state index contributed by atoms with van der Waals surface area (Å²) in [4.78, 5) is 49.9. The van der Waals surface area contributed by atoms with Gasteiger partial charge >= 0.3 is 5.97 Å². The first-order chi connectivity index (χ1) is 16.0. The minimum absolute atomic E-state index is 0.00843. The highest BCUT2D eigenvalue weighted by Crippen LogP contribution is 2.31. The summed E-state index contributed by atoms with van der Waals surface area (Å²) < 4.78 is 11.0. The predicted octanol–water partition coefficient (Wildman–Crippen LogP) is 1.94. The van der Waals surface area contributed by atoms with Gasteiger partial charge in [0.05, 0.1) is 18.6 Å². The lowest BCUT2D eigenvalue weighted by Gasteiger charge is -2.32. The van der Waals surface area contributed by atoms with E-state index in [0.29, 0.717) is 31.4 Å². The molecule has 3 amide bonds. The zero-order valence-electron chi connectivity index (χ0n) is 18.7. The summed E-state index contributed by atoms with van der Waals surface area (Å²) >= 11 is 0. The van der Waals surface area contributed by atoms with E-state index in [0.717, 1.165) is 24.0 Å². The van der Waals surface area contributed by atoms with E-state index < -0.39 is 11.9 Å². The number of unbranched alkanes of at least 4 members (excludes halogenated alkanes) is 1. The molecule has 0 aromatic heterocycles. The Kier molecular flexibility index (Phi) is 7.09. The van der Waals surface area contributed by atoms with Crippen molar-refractivity contribution in [1.29, 1.82) is 0 Å². The van der Waals surface area contributed by atoms with Crippen LogP contribution < -0.4 is 5.32 Å². The molecule has 33 heavy (non-hydrogen) atoms. The summed E-state index contributed by atoms with van der Waals surface area (Å²) in [6.07, 6.45) is 3.75. The fourth-order valence-electron chi connectivity index (χ4n) is 4.32. The summed E-state index contributed by atoms with van der Waals surface area (Å²) in [6.45, 7) is 3.05. The van der Waals surface area contributed by atoms with E-state index in [1.54, 1.807) is 12.1 Å². The van der Waals surface area contributed by atoms with Crippen LogP contribution in [0.4, 0.5) is 0 Å². The number of imide groups is 1. The Bertz CT molecular complexity index is 1020. The lowest BCUT2D eigenvalue weighted by Crippen LogP contribution is -2.52. The summed E-state index contributed by atoms with van der Waals surface area (Å²) in [7, 11) is 0. The second-order valence-electron chi connectivity index (χ2n) is 8.66. The molecule has 8 nitrogen and oxygen atoms in total. The highest BCUT2D eigenvalue weighted by Gasteiger charge is 2.39. The number of benzene rings is 1. The number of rotatable bonds is 7. The molecule has 1 saturated heterocycles. The molecule has 174 valence electrons. The third kappa shape index (κ3) is 5.09. The molecule has 1 saturated carbocycles. The Morgan fingerprint density at radius 3 is 2.82 bits per heavy atom. The van der Waals surface area contributed by atoms with E-state index in [4.69, 9.17) is 9.47 Å². The molecule has 2 heterocycles. The maximum Gasteiger partial charge on any atom is 0.309 e. The Morgan fingerprint density at radius 2 is 2.06 bits per heavy atom. The zero-order chi connectivity index (χ0) is 23.4. The fourth-order valence-corrected chi connectivity index (χ4v) is 4.32. The van der Waals surface area contributed by atoms with Gasteiger partial charge in [-0.25, -0.2) is 0 Å². The molecule has 4 rings (SSSR count). The molecule has 2 aliphatic heterocycles. The molecule has 1 aromatic carbocycles. The maximum atomic E-state index is 12.9. The molecule has 1 N–H and O–H groups in total. The van der Waals surface area contributed by atoms with Crippen LogP contribution in [-0.2, 0) is 30.4 Å². The molecule has 1 atom stereocenters. The zero-order valence-corrected chi connectivity index (χ0v) is 18.7. The van der Waals surface area contributed by atoms with Crippen LogP contribution in [0.3, 0.4) is 0 Å². The standard InChI is InChI=1S/C25H28N2O6/c1-2-3-11-33-25(31)17-13-18(14-17)32-12-5-7-16-6-4-8-19-20(16)15-27(24(19)30)21-9-10-22(28)26-23(21)29/h4,6,8,17-18,21H,2-3,9-15H2,1H3,(H,26,28,29). The number of hydrogen-bond acceptors (Lipinski definition) is 6. The third-order valence-electron chi connectivity index (χ3n) is 6.37. The van der Waals surface area contributed by atoms with Crippen LogP contribution in [0.25, 0.3) is 0 Å². The van der Waals surface area contributed by atoms with Gasteiger partial charge in [0.2, 0.25) is 11.8 Å². The largest absolute Gasteiger partial charge is 0.465 e. The average Bonchev–Trinajstić information content (AvgIpc) is 3.09. The lowest BCUT2D eigenvalue weighted by atomic mass is 9.82. The van der Waals surface area contributed by atoms with E-state index in [9.17, 15) is 19.2 Å². The summed E-state index contributed by atoms with van der Waals surface area (Å²) in [5.74, 6) is 4.90. The van der Waals surface area contributed by atoms with Crippen molar-refractivity contribution in [2.75, 3.05) is 13.2 Å². The van der Waals surface area contributed by atoms with Crippen LogP contribution in [0.1, 0.15) is 66.9 Å². The minimum atomic E-state index is -0.646. The number of esters is 1. The van der Waals surface area contributed by atoms with Crippen molar-refractivity contribution in [3.8, 4) is 11.8 Å². The fraction of sp³-hybridized carbons (Fsp3) is 0.520. The van der Waals surface area contributed by atoms with E-state index in [-0.39, 0.29) is 49.4 Å². The van der Waals surface area contributed by atoms with E-state index in [1.165, 1.54) is 4.90 Å². The van der Waals surface area contributed by atoms with Crippen LogP contribution in [0.5, 0.6) is 0 Å². The smallest absolute Gasteiger partial charge is 0.309 e. The van der Waals surface area contributed by atoms with Gasteiger partial charge in [0.25, 0.3) is 5.91 Å². The second-order valence-corrected chi connectivity index (χ2v) is 8.66. The molecule has 0 spiro atoms. The van der Waals surface area contributed by atoms with Gasteiger partial charge in [-0.15, -0.1) is 0 Å². The van der Waals surface area contributed by atoms with Crippen molar-refractivity contribution in [2.45, 2.75) is 64.1 Å².